The summed E-state index contributed by atoms with van der Waals surface area (Å²) in [5, 5.41) is 0. The van der Waals surface area contributed by atoms with E-state index in [1.54, 1.807) is 4.90 Å². The molecule has 4 rings (SSSR count). The largest absolute Gasteiger partial charge is 0.368 e. The molecule has 2 aromatic rings. The summed E-state index contributed by atoms with van der Waals surface area (Å²) in [6, 6.07) is 20.2. The number of amides is 1. The highest BCUT2D eigenvalue weighted by Crippen LogP contribution is 2.27. The first-order valence-electron chi connectivity index (χ1n) is 9.08. The molecule has 0 aromatic heterocycles. The van der Waals surface area contributed by atoms with Gasteiger partial charge in [0.1, 0.15) is 12.2 Å². The molecule has 26 heavy (non-hydrogen) atoms. The van der Waals surface area contributed by atoms with E-state index in [-0.39, 0.29) is 12.5 Å². The van der Waals surface area contributed by atoms with Crippen LogP contribution in [0.1, 0.15) is 5.56 Å². The zero-order valence-electron chi connectivity index (χ0n) is 14.8. The second-order valence-electron chi connectivity index (χ2n) is 7.04. The molecule has 2 aromatic carbocycles. The van der Waals surface area contributed by atoms with Gasteiger partial charge in [0.15, 0.2) is 0 Å². The fraction of sp³-hybridized carbons (Fsp3) is 0.381. The summed E-state index contributed by atoms with van der Waals surface area (Å²) < 4.78 is 11.9. The predicted molar refractivity (Wildman–Crippen MR) is 100 cm³/mol. The lowest BCUT2D eigenvalue weighted by Gasteiger charge is -2.43. The van der Waals surface area contributed by atoms with Crippen molar-refractivity contribution in [3.05, 3.63) is 66.2 Å². The number of carbonyl (C=O) groups is 1. The molecule has 136 valence electrons. The summed E-state index contributed by atoms with van der Waals surface area (Å²) in [5.41, 5.74) is 1.69. The van der Waals surface area contributed by atoms with Crippen LogP contribution in [0.15, 0.2) is 60.7 Å². The standard InChI is InChI=1S/C21H24N2O3/c24-20-14-25-17-21(16-23(20)19-9-5-2-6-10-19)15-22(11-12-26-21)13-18-7-3-1-4-8-18/h1-10H,11-17H2. The summed E-state index contributed by atoms with van der Waals surface area (Å²) in [4.78, 5) is 16.7. The zero-order chi connectivity index (χ0) is 17.8. The van der Waals surface area contributed by atoms with Crippen LogP contribution in [0, 0.1) is 0 Å². The number of anilines is 1. The van der Waals surface area contributed by atoms with E-state index in [1.165, 1.54) is 5.56 Å². The summed E-state index contributed by atoms with van der Waals surface area (Å²) in [6.45, 7) is 4.21. The molecule has 0 N–H and O–H groups in total. The maximum absolute atomic E-state index is 12.5. The van der Waals surface area contributed by atoms with E-state index in [0.717, 1.165) is 25.3 Å². The van der Waals surface area contributed by atoms with E-state index in [1.807, 2.05) is 36.4 Å². The van der Waals surface area contributed by atoms with E-state index in [2.05, 4.69) is 29.2 Å². The molecule has 1 amide bonds. The van der Waals surface area contributed by atoms with Gasteiger partial charge in [-0.1, -0.05) is 48.5 Å². The highest BCUT2D eigenvalue weighted by atomic mass is 16.5. The highest BCUT2D eigenvalue weighted by molar-refractivity contribution is 5.94. The number of ether oxygens (including phenoxy) is 2. The Labute approximate surface area is 154 Å². The lowest BCUT2D eigenvalue weighted by atomic mass is 10.0. The van der Waals surface area contributed by atoms with Gasteiger partial charge in [-0.05, 0) is 17.7 Å². The number of benzene rings is 2. The first-order valence-corrected chi connectivity index (χ1v) is 9.08. The molecule has 2 heterocycles. The number of nitrogens with zero attached hydrogens (tertiary/aromatic N) is 2. The maximum Gasteiger partial charge on any atom is 0.253 e. The van der Waals surface area contributed by atoms with Crippen molar-refractivity contribution in [3.8, 4) is 0 Å². The molecule has 5 nitrogen and oxygen atoms in total. The molecule has 0 aliphatic carbocycles. The Kier molecular flexibility index (Phi) is 5.02. The van der Waals surface area contributed by atoms with Gasteiger partial charge >= 0.3 is 0 Å². The van der Waals surface area contributed by atoms with Crippen molar-refractivity contribution >= 4 is 11.6 Å². The van der Waals surface area contributed by atoms with Gasteiger partial charge in [-0.15, -0.1) is 0 Å². The topological polar surface area (TPSA) is 42.0 Å². The lowest BCUT2D eigenvalue weighted by Crippen LogP contribution is -2.59. The summed E-state index contributed by atoms with van der Waals surface area (Å²) >= 11 is 0. The molecule has 5 heteroatoms. The van der Waals surface area contributed by atoms with Gasteiger partial charge < -0.3 is 14.4 Å². The van der Waals surface area contributed by atoms with Gasteiger partial charge in [0, 0.05) is 25.3 Å². The van der Waals surface area contributed by atoms with Gasteiger partial charge in [-0.3, -0.25) is 9.69 Å². The van der Waals surface area contributed by atoms with Gasteiger partial charge in [0.05, 0.1) is 19.8 Å². The highest BCUT2D eigenvalue weighted by Gasteiger charge is 2.42. The molecule has 0 radical (unpaired) electrons. The summed E-state index contributed by atoms with van der Waals surface area (Å²) in [7, 11) is 0. The number of para-hydroxylation sites is 1. The van der Waals surface area contributed by atoms with Crippen molar-refractivity contribution in [1.82, 2.24) is 4.90 Å². The molecule has 1 unspecified atom stereocenters. The van der Waals surface area contributed by atoms with Crippen LogP contribution in [-0.2, 0) is 20.8 Å². The Hall–Kier alpha value is -2.21. The van der Waals surface area contributed by atoms with Crippen LogP contribution < -0.4 is 4.90 Å². The first kappa shape index (κ1) is 17.2. The van der Waals surface area contributed by atoms with Gasteiger partial charge in [0.25, 0.3) is 5.91 Å². The van der Waals surface area contributed by atoms with E-state index in [4.69, 9.17) is 9.47 Å². The second kappa shape index (κ2) is 7.58. The molecule has 2 saturated heterocycles. The third-order valence-corrected chi connectivity index (χ3v) is 4.98. The average molecular weight is 352 g/mol. The molecule has 1 spiro atoms. The minimum Gasteiger partial charge on any atom is -0.368 e. The number of rotatable bonds is 3. The first-order chi connectivity index (χ1) is 12.7. The normalized spacial score (nSPS) is 24.6. The average Bonchev–Trinajstić information content (AvgIpc) is 2.82. The Bertz CT molecular complexity index is 737. The van der Waals surface area contributed by atoms with Gasteiger partial charge in [0.2, 0.25) is 0 Å². The quantitative estimate of drug-likeness (QED) is 0.850. The molecule has 2 aliphatic rings. The molecule has 0 saturated carbocycles. The van der Waals surface area contributed by atoms with E-state index < -0.39 is 5.60 Å². The van der Waals surface area contributed by atoms with Crippen LogP contribution in [0.4, 0.5) is 5.69 Å². The van der Waals surface area contributed by atoms with Gasteiger partial charge in [-0.25, -0.2) is 0 Å². The van der Waals surface area contributed by atoms with Crippen molar-refractivity contribution in [2.75, 3.05) is 44.4 Å². The Balaban J connectivity index is 1.53. The number of morpholine rings is 1. The summed E-state index contributed by atoms with van der Waals surface area (Å²) in [5.74, 6) is -0.0168. The molecule has 0 bridgehead atoms. The van der Waals surface area contributed by atoms with Crippen molar-refractivity contribution in [2.45, 2.75) is 12.1 Å². The smallest absolute Gasteiger partial charge is 0.253 e. The Morgan fingerprint density at radius 1 is 0.962 bits per heavy atom. The fourth-order valence-electron chi connectivity index (χ4n) is 3.75. The molecule has 1 atom stereocenters. The summed E-state index contributed by atoms with van der Waals surface area (Å²) in [6.07, 6.45) is 0. The van der Waals surface area contributed by atoms with Crippen LogP contribution >= 0.6 is 0 Å². The van der Waals surface area contributed by atoms with E-state index in [0.29, 0.717) is 19.8 Å². The van der Waals surface area contributed by atoms with Crippen LogP contribution in [0.2, 0.25) is 0 Å². The lowest BCUT2D eigenvalue weighted by molar-refractivity contribution is -0.135. The SMILES string of the molecule is O=C1COCC2(CN(Cc3ccccc3)CCO2)CN1c1ccccc1. The Morgan fingerprint density at radius 2 is 1.69 bits per heavy atom. The van der Waals surface area contributed by atoms with Crippen LogP contribution in [0.25, 0.3) is 0 Å². The number of hydrogen-bond acceptors (Lipinski definition) is 4. The number of carbonyl (C=O) groups excluding carboxylic acids is 1. The maximum atomic E-state index is 12.5. The Morgan fingerprint density at radius 3 is 2.46 bits per heavy atom. The van der Waals surface area contributed by atoms with Crippen LogP contribution in [0.5, 0.6) is 0 Å². The van der Waals surface area contributed by atoms with Crippen molar-refractivity contribution < 1.29 is 14.3 Å². The minimum absolute atomic E-state index is 0.0168. The van der Waals surface area contributed by atoms with Crippen LogP contribution in [-0.4, -0.2) is 55.9 Å². The molecule has 2 aliphatic heterocycles. The fourth-order valence-corrected chi connectivity index (χ4v) is 3.75. The third kappa shape index (κ3) is 3.80. The monoisotopic (exact) mass is 352 g/mol. The van der Waals surface area contributed by atoms with E-state index >= 15 is 0 Å². The second-order valence-corrected chi connectivity index (χ2v) is 7.04. The van der Waals surface area contributed by atoms with Crippen LogP contribution in [0.3, 0.4) is 0 Å². The van der Waals surface area contributed by atoms with Crippen molar-refractivity contribution in [2.24, 2.45) is 0 Å². The van der Waals surface area contributed by atoms with E-state index in [9.17, 15) is 4.79 Å². The predicted octanol–water partition coefficient (Wildman–Crippen LogP) is 2.32. The zero-order valence-corrected chi connectivity index (χ0v) is 14.8. The minimum atomic E-state index is -0.491. The number of hydrogen-bond donors (Lipinski definition) is 0. The van der Waals surface area contributed by atoms with Crippen molar-refractivity contribution in [1.29, 1.82) is 0 Å². The molecular formula is C21H24N2O3. The molecular weight excluding hydrogens is 328 g/mol. The van der Waals surface area contributed by atoms with Crippen molar-refractivity contribution in [3.63, 3.8) is 0 Å². The third-order valence-electron chi connectivity index (χ3n) is 4.98. The molecule has 2 fully saturated rings. The van der Waals surface area contributed by atoms with Gasteiger partial charge in [-0.2, -0.15) is 0 Å².